The van der Waals surface area contributed by atoms with Crippen LogP contribution in [0.25, 0.3) is 0 Å². The van der Waals surface area contributed by atoms with Crippen LogP contribution in [0.15, 0.2) is 0 Å². The minimum Gasteiger partial charge on any atom is -0.444 e. The molecule has 0 saturated carbocycles. The molecule has 0 aromatic heterocycles. The summed E-state index contributed by atoms with van der Waals surface area (Å²) in [6.07, 6.45) is -0.351. The minimum atomic E-state index is -0.451. The molecule has 15 heavy (non-hydrogen) atoms. The second kappa shape index (κ2) is 4.81. The lowest BCUT2D eigenvalue weighted by atomic mass is 10.2. The number of rotatable bonds is 1. The Morgan fingerprint density at radius 1 is 1.60 bits per heavy atom. The Bertz CT molecular complexity index is 225. The van der Waals surface area contributed by atoms with Crippen molar-refractivity contribution in [2.24, 2.45) is 5.73 Å². The summed E-state index contributed by atoms with van der Waals surface area (Å²) in [5.41, 5.74) is 5.04. The van der Waals surface area contributed by atoms with E-state index in [0.29, 0.717) is 26.2 Å². The van der Waals surface area contributed by atoms with E-state index in [-0.39, 0.29) is 12.2 Å². The molecule has 0 aromatic rings. The van der Waals surface area contributed by atoms with Crippen LogP contribution in [0.5, 0.6) is 0 Å². The SMILES string of the molecule is CC(C)(C)OC(=O)N1CCO[C@@H](CN)C1. The van der Waals surface area contributed by atoms with Crippen LogP contribution < -0.4 is 5.73 Å². The Kier molecular flexibility index (Phi) is 3.93. The Balaban J connectivity index is 2.45. The van der Waals surface area contributed by atoms with E-state index < -0.39 is 5.60 Å². The second-order valence-corrected chi connectivity index (χ2v) is 4.65. The van der Waals surface area contributed by atoms with Crippen LogP contribution in [0.3, 0.4) is 0 Å². The fraction of sp³-hybridized carbons (Fsp3) is 0.900. The molecule has 0 radical (unpaired) electrons. The quantitative estimate of drug-likeness (QED) is 0.696. The van der Waals surface area contributed by atoms with Gasteiger partial charge < -0.3 is 20.1 Å². The van der Waals surface area contributed by atoms with E-state index in [2.05, 4.69) is 0 Å². The summed E-state index contributed by atoms with van der Waals surface area (Å²) in [5, 5.41) is 0. The number of morpholine rings is 1. The fourth-order valence-electron chi connectivity index (χ4n) is 1.35. The van der Waals surface area contributed by atoms with Crippen molar-refractivity contribution in [3.8, 4) is 0 Å². The lowest BCUT2D eigenvalue weighted by Gasteiger charge is -2.33. The zero-order valence-corrected chi connectivity index (χ0v) is 9.66. The number of nitrogens with two attached hydrogens (primary N) is 1. The molecule has 1 aliphatic heterocycles. The van der Waals surface area contributed by atoms with Gasteiger partial charge in [0, 0.05) is 13.1 Å². The molecule has 1 aliphatic rings. The fourth-order valence-corrected chi connectivity index (χ4v) is 1.35. The van der Waals surface area contributed by atoms with Gasteiger partial charge in [0.1, 0.15) is 5.60 Å². The van der Waals surface area contributed by atoms with Gasteiger partial charge in [-0.15, -0.1) is 0 Å². The summed E-state index contributed by atoms with van der Waals surface area (Å²) in [5.74, 6) is 0. The number of amides is 1. The van der Waals surface area contributed by atoms with E-state index in [4.69, 9.17) is 15.2 Å². The average molecular weight is 216 g/mol. The lowest BCUT2D eigenvalue weighted by molar-refractivity contribution is -0.0384. The van der Waals surface area contributed by atoms with E-state index in [1.54, 1.807) is 4.90 Å². The van der Waals surface area contributed by atoms with Gasteiger partial charge in [0.05, 0.1) is 19.3 Å². The molecule has 88 valence electrons. The normalized spacial score (nSPS) is 22.7. The Labute approximate surface area is 90.5 Å². The molecule has 5 nitrogen and oxygen atoms in total. The van der Waals surface area contributed by atoms with Crippen molar-refractivity contribution in [3.05, 3.63) is 0 Å². The third-order valence-corrected chi connectivity index (χ3v) is 2.05. The molecule has 0 aromatic carbocycles. The summed E-state index contributed by atoms with van der Waals surface area (Å²) in [6, 6.07) is 0. The van der Waals surface area contributed by atoms with Crippen LogP contribution in [0, 0.1) is 0 Å². The van der Waals surface area contributed by atoms with Crippen LogP contribution in [0.4, 0.5) is 4.79 Å². The van der Waals surface area contributed by atoms with Crippen molar-refractivity contribution in [2.75, 3.05) is 26.2 Å². The maximum Gasteiger partial charge on any atom is 0.410 e. The highest BCUT2D eigenvalue weighted by Gasteiger charge is 2.27. The smallest absolute Gasteiger partial charge is 0.410 e. The number of carbonyl (C=O) groups is 1. The number of hydrogen-bond acceptors (Lipinski definition) is 4. The van der Waals surface area contributed by atoms with Crippen LogP contribution >= 0.6 is 0 Å². The molecule has 0 aliphatic carbocycles. The van der Waals surface area contributed by atoms with Gasteiger partial charge in [-0.05, 0) is 20.8 Å². The number of carbonyl (C=O) groups excluding carboxylic acids is 1. The first-order valence-electron chi connectivity index (χ1n) is 5.22. The van der Waals surface area contributed by atoms with Gasteiger partial charge in [-0.3, -0.25) is 0 Å². The molecular formula is C10H20N2O3. The highest BCUT2D eigenvalue weighted by atomic mass is 16.6. The Morgan fingerprint density at radius 2 is 2.27 bits per heavy atom. The first-order chi connectivity index (χ1) is 6.92. The summed E-state index contributed by atoms with van der Waals surface area (Å²) >= 11 is 0. The zero-order valence-electron chi connectivity index (χ0n) is 9.66. The van der Waals surface area contributed by atoms with E-state index >= 15 is 0 Å². The standard InChI is InChI=1S/C10H20N2O3/c1-10(2,3)15-9(13)12-4-5-14-8(6-11)7-12/h8H,4-7,11H2,1-3H3/t8-/m0/s1. The second-order valence-electron chi connectivity index (χ2n) is 4.65. The van der Waals surface area contributed by atoms with Gasteiger partial charge in [-0.2, -0.15) is 0 Å². The van der Waals surface area contributed by atoms with Crippen LogP contribution in [0.2, 0.25) is 0 Å². The molecule has 0 unspecified atom stereocenters. The maximum absolute atomic E-state index is 11.7. The predicted molar refractivity (Wildman–Crippen MR) is 56.6 cm³/mol. The van der Waals surface area contributed by atoms with E-state index in [0.717, 1.165) is 0 Å². The van der Waals surface area contributed by atoms with Crippen molar-refractivity contribution in [3.63, 3.8) is 0 Å². The van der Waals surface area contributed by atoms with Crippen molar-refractivity contribution < 1.29 is 14.3 Å². The van der Waals surface area contributed by atoms with Crippen molar-refractivity contribution in [2.45, 2.75) is 32.5 Å². The van der Waals surface area contributed by atoms with Gasteiger partial charge in [0.15, 0.2) is 0 Å². The maximum atomic E-state index is 11.7. The van der Waals surface area contributed by atoms with Gasteiger partial charge in [0.25, 0.3) is 0 Å². The molecule has 1 amide bonds. The monoisotopic (exact) mass is 216 g/mol. The highest BCUT2D eigenvalue weighted by molar-refractivity contribution is 5.68. The number of nitrogens with zero attached hydrogens (tertiary/aromatic N) is 1. The number of hydrogen-bond donors (Lipinski definition) is 1. The van der Waals surface area contributed by atoms with Gasteiger partial charge in [-0.1, -0.05) is 0 Å². The summed E-state index contributed by atoms with van der Waals surface area (Å²) in [6.45, 7) is 7.61. The minimum absolute atomic E-state index is 0.0636. The zero-order chi connectivity index (χ0) is 11.5. The molecule has 1 heterocycles. The summed E-state index contributed by atoms with van der Waals surface area (Å²) < 4.78 is 10.6. The van der Waals surface area contributed by atoms with Crippen LogP contribution in [0.1, 0.15) is 20.8 Å². The molecule has 5 heteroatoms. The molecular weight excluding hydrogens is 196 g/mol. The van der Waals surface area contributed by atoms with Crippen molar-refractivity contribution in [1.82, 2.24) is 4.90 Å². The van der Waals surface area contributed by atoms with Crippen molar-refractivity contribution in [1.29, 1.82) is 0 Å². The molecule has 0 spiro atoms. The molecule has 1 atom stereocenters. The van der Waals surface area contributed by atoms with Crippen molar-refractivity contribution >= 4 is 6.09 Å². The number of ether oxygens (including phenoxy) is 2. The van der Waals surface area contributed by atoms with E-state index in [1.807, 2.05) is 20.8 Å². The highest BCUT2D eigenvalue weighted by Crippen LogP contribution is 2.12. The average Bonchev–Trinajstić information content (AvgIpc) is 2.15. The predicted octanol–water partition coefficient (Wildman–Crippen LogP) is 0.581. The van der Waals surface area contributed by atoms with Gasteiger partial charge in [-0.25, -0.2) is 4.79 Å². The molecule has 1 saturated heterocycles. The summed E-state index contributed by atoms with van der Waals surface area (Å²) in [4.78, 5) is 13.3. The first-order valence-corrected chi connectivity index (χ1v) is 5.22. The first kappa shape index (κ1) is 12.3. The Morgan fingerprint density at radius 3 is 2.80 bits per heavy atom. The largest absolute Gasteiger partial charge is 0.444 e. The topological polar surface area (TPSA) is 64.8 Å². The van der Waals surface area contributed by atoms with E-state index in [1.165, 1.54) is 0 Å². The van der Waals surface area contributed by atoms with E-state index in [9.17, 15) is 4.79 Å². The third-order valence-electron chi connectivity index (χ3n) is 2.05. The van der Waals surface area contributed by atoms with Gasteiger partial charge in [0.2, 0.25) is 0 Å². The van der Waals surface area contributed by atoms with Gasteiger partial charge >= 0.3 is 6.09 Å². The van der Waals surface area contributed by atoms with Crippen LogP contribution in [-0.2, 0) is 9.47 Å². The summed E-state index contributed by atoms with van der Waals surface area (Å²) in [7, 11) is 0. The Hall–Kier alpha value is -0.810. The molecule has 1 fully saturated rings. The molecule has 1 rings (SSSR count). The lowest BCUT2D eigenvalue weighted by Crippen LogP contribution is -2.49. The molecule has 2 N–H and O–H groups in total. The molecule has 0 bridgehead atoms. The third kappa shape index (κ3) is 4.05. The van der Waals surface area contributed by atoms with Crippen LogP contribution in [-0.4, -0.2) is 48.9 Å².